The van der Waals surface area contributed by atoms with Crippen molar-refractivity contribution in [2.75, 3.05) is 24.0 Å². The van der Waals surface area contributed by atoms with Crippen molar-refractivity contribution in [2.45, 2.75) is 24.9 Å². The summed E-state index contributed by atoms with van der Waals surface area (Å²) >= 11 is 3.04. The molecule has 0 aromatic carbocycles. The fourth-order valence-corrected chi connectivity index (χ4v) is 2.43. The van der Waals surface area contributed by atoms with Crippen LogP contribution >= 0.6 is 23.5 Å². The molecule has 0 saturated heterocycles. The van der Waals surface area contributed by atoms with Gasteiger partial charge in [0.25, 0.3) is 0 Å². The average molecular weight is 334 g/mol. The van der Waals surface area contributed by atoms with Crippen LogP contribution in [-0.2, 0) is 14.4 Å². The van der Waals surface area contributed by atoms with Gasteiger partial charge in [-0.1, -0.05) is 0 Å². The molecule has 2 unspecified atom stereocenters. The number of hydrogen-bond donors (Lipinski definition) is 3. The number of carboxylic acid groups (broad SMARTS) is 1. The van der Waals surface area contributed by atoms with E-state index in [4.69, 9.17) is 16.6 Å². The van der Waals surface area contributed by atoms with Gasteiger partial charge in [-0.3, -0.25) is 9.59 Å². The first-order valence-corrected chi connectivity index (χ1v) is 9.16. The molecule has 0 rings (SSSR count). The highest BCUT2D eigenvalue weighted by Gasteiger charge is 2.25. The van der Waals surface area contributed by atoms with Gasteiger partial charge in [0.05, 0.1) is 12.1 Å². The molecule has 5 N–H and O–H groups in total. The Kier molecular flexibility index (Phi) is 10.4. The molecule has 0 amide bonds. The van der Waals surface area contributed by atoms with Crippen LogP contribution < -0.4 is 11.5 Å². The first-order chi connectivity index (χ1) is 9.84. The van der Waals surface area contributed by atoms with Gasteiger partial charge in [0, 0.05) is 6.08 Å². The number of Topliss-reactive ketones (excluding diaryl/α,β-unsaturated/α-hetero) is 1. The highest BCUT2D eigenvalue weighted by Crippen LogP contribution is 2.08. The summed E-state index contributed by atoms with van der Waals surface area (Å²) < 4.78 is 0. The van der Waals surface area contributed by atoms with Crippen molar-refractivity contribution in [1.82, 2.24) is 0 Å². The third kappa shape index (κ3) is 7.66. The summed E-state index contributed by atoms with van der Waals surface area (Å²) in [6, 6.07) is -1.72. The molecule has 6 nitrogen and oxygen atoms in total. The van der Waals surface area contributed by atoms with E-state index in [1.165, 1.54) is 23.5 Å². The number of hydrogen-bond acceptors (Lipinski definition) is 7. The quantitative estimate of drug-likeness (QED) is 0.280. The van der Waals surface area contributed by atoms with Crippen molar-refractivity contribution in [3.63, 3.8) is 0 Å². The Bertz CT molecular complexity index is 413. The molecular weight excluding hydrogens is 312 g/mol. The molecule has 0 aromatic heterocycles. The summed E-state index contributed by atoms with van der Waals surface area (Å²) in [4.78, 5) is 35.0. The number of aliphatic carboxylic acids is 1. The maximum atomic E-state index is 12.0. The van der Waals surface area contributed by atoms with Gasteiger partial charge in [-0.15, -0.1) is 0 Å². The van der Waals surface area contributed by atoms with E-state index in [1.54, 1.807) is 0 Å². The molecule has 0 bridgehead atoms. The minimum atomic E-state index is -1.45. The zero-order valence-electron chi connectivity index (χ0n) is 12.2. The summed E-state index contributed by atoms with van der Waals surface area (Å²) in [7, 11) is 0. The molecule has 0 saturated carbocycles. The van der Waals surface area contributed by atoms with E-state index in [0.29, 0.717) is 24.3 Å². The van der Waals surface area contributed by atoms with Crippen molar-refractivity contribution >= 4 is 41.1 Å². The lowest BCUT2D eigenvalue weighted by atomic mass is 10.00. The lowest BCUT2D eigenvalue weighted by Crippen LogP contribution is -2.36. The topological polar surface area (TPSA) is 123 Å². The Morgan fingerprint density at radius 3 is 1.95 bits per heavy atom. The van der Waals surface area contributed by atoms with Crippen LogP contribution in [0.25, 0.3) is 0 Å². The van der Waals surface area contributed by atoms with E-state index in [2.05, 4.69) is 0 Å². The van der Waals surface area contributed by atoms with E-state index < -0.39 is 35.2 Å². The van der Waals surface area contributed by atoms with Crippen LogP contribution in [0.2, 0.25) is 0 Å². The fraction of sp³-hybridized carbons (Fsp3) is 0.615. The molecule has 120 valence electrons. The van der Waals surface area contributed by atoms with Crippen LogP contribution in [0, 0.1) is 0 Å². The van der Waals surface area contributed by atoms with Gasteiger partial charge in [-0.25, -0.2) is 4.79 Å². The van der Waals surface area contributed by atoms with Crippen molar-refractivity contribution in [3.05, 3.63) is 11.6 Å². The van der Waals surface area contributed by atoms with Gasteiger partial charge in [-0.2, -0.15) is 23.5 Å². The van der Waals surface area contributed by atoms with E-state index in [1.807, 2.05) is 12.5 Å². The van der Waals surface area contributed by atoms with Crippen LogP contribution in [0.1, 0.15) is 12.8 Å². The fourth-order valence-electron chi connectivity index (χ4n) is 1.45. The van der Waals surface area contributed by atoms with Gasteiger partial charge < -0.3 is 16.6 Å². The van der Waals surface area contributed by atoms with Gasteiger partial charge in [0.1, 0.15) is 5.57 Å². The molecule has 8 heteroatoms. The third-order valence-electron chi connectivity index (χ3n) is 2.75. The van der Waals surface area contributed by atoms with E-state index in [9.17, 15) is 14.4 Å². The standard InChI is InChI=1S/C13H22N2O4S2/c1-20-5-3-9(14)11(16)7-8(13(18)19)12(17)10(15)4-6-21-2/h7,9-10H,3-6,14-15H2,1-2H3,(H,18,19)/b8-7-. The zero-order valence-corrected chi connectivity index (χ0v) is 13.8. The molecule has 0 heterocycles. The molecule has 21 heavy (non-hydrogen) atoms. The Balaban J connectivity index is 4.95. The molecule has 0 fully saturated rings. The van der Waals surface area contributed by atoms with Crippen molar-refractivity contribution in [3.8, 4) is 0 Å². The monoisotopic (exact) mass is 334 g/mol. The predicted molar refractivity (Wildman–Crippen MR) is 87.7 cm³/mol. The molecule has 0 aliphatic carbocycles. The first kappa shape index (κ1) is 20.2. The second kappa shape index (κ2) is 10.8. The molecular formula is C13H22N2O4S2. The highest BCUT2D eigenvalue weighted by atomic mass is 32.2. The van der Waals surface area contributed by atoms with E-state index >= 15 is 0 Å². The van der Waals surface area contributed by atoms with Crippen LogP contribution in [0.5, 0.6) is 0 Å². The maximum absolute atomic E-state index is 12.0. The summed E-state index contributed by atoms with van der Waals surface area (Å²) in [6.45, 7) is 0. The third-order valence-corrected chi connectivity index (χ3v) is 4.04. The minimum Gasteiger partial charge on any atom is -0.478 e. The summed E-state index contributed by atoms with van der Waals surface area (Å²) in [6.07, 6.45) is 5.34. The van der Waals surface area contributed by atoms with Crippen molar-refractivity contribution < 1.29 is 19.5 Å². The summed E-state index contributed by atoms with van der Waals surface area (Å²) in [5.74, 6) is -1.43. The summed E-state index contributed by atoms with van der Waals surface area (Å²) in [5, 5.41) is 9.08. The Hall–Kier alpha value is -0.830. The van der Waals surface area contributed by atoms with Crippen LogP contribution in [0.3, 0.4) is 0 Å². The van der Waals surface area contributed by atoms with Crippen LogP contribution in [0.4, 0.5) is 0 Å². The second-order valence-corrected chi connectivity index (χ2v) is 6.38. The lowest BCUT2D eigenvalue weighted by Gasteiger charge is -2.11. The van der Waals surface area contributed by atoms with Gasteiger partial charge in [0.2, 0.25) is 0 Å². The Morgan fingerprint density at radius 2 is 1.52 bits per heavy atom. The molecule has 2 atom stereocenters. The number of ketones is 2. The number of rotatable bonds is 11. The Labute approximate surface area is 133 Å². The number of carboxylic acids is 1. The number of carbonyl (C=O) groups is 3. The molecule has 0 aromatic rings. The summed E-state index contributed by atoms with van der Waals surface area (Å²) in [5.41, 5.74) is 10.7. The minimum absolute atomic E-state index is 0.358. The smallest absolute Gasteiger partial charge is 0.339 e. The SMILES string of the molecule is CSCCC(N)C(=O)/C=C(\C(=O)O)C(=O)C(N)CCSC. The maximum Gasteiger partial charge on any atom is 0.339 e. The van der Waals surface area contributed by atoms with Crippen molar-refractivity contribution in [1.29, 1.82) is 0 Å². The second-order valence-electron chi connectivity index (χ2n) is 4.41. The van der Waals surface area contributed by atoms with Crippen LogP contribution in [-0.4, -0.2) is 58.7 Å². The zero-order chi connectivity index (χ0) is 16.4. The van der Waals surface area contributed by atoms with Gasteiger partial charge in [-0.05, 0) is 36.9 Å². The molecule has 0 aliphatic heterocycles. The number of thioether (sulfide) groups is 2. The normalized spacial score (nSPS) is 14.6. The lowest BCUT2D eigenvalue weighted by molar-refractivity contribution is -0.135. The largest absolute Gasteiger partial charge is 0.478 e. The van der Waals surface area contributed by atoms with Crippen molar-refractivity contribution in [2.24, 2.45) is 11.5 Å². The number of carbonyl (C=O) groups excluding carboxylic acids is 2. The van der Waals surface area contributed by atoms with Gasteiger partial charge in [0.15, 0.2) is 11.6 Å². The van der Waals surface area contributed by atoms with E-state index in [0.717, 1.165) is 6.08 Å². The average Bonchev–Trinajstić information content (AvgIpc) is 2.46. The first-order valence-electron chi connectivity index (χ1n) is 6.37. The molecule has 0 spiro atoms. The van der Waals surface area contributed by atoms with Crippen LogP contribution in [0.15, 0.2) is 11.6 Å². The highest BCUT2D eigenvalue weighted by molar-refractivity contribution is 7.98. The van der Waals surface area contributed by atoms with Gasteiger partial charge >= 0.3 is 5.97 Å². The Morgan fingerprint density at radius 1 is 1.05 bits per heavy atom. The predicted octanol–water partition coefficient (Wildman–Crippen LogP) is 0.296. The number of nitrogens with two attached hydrogens (primary N) is 2. The molecule has 0 radical (unpaired) electrons. The molecule has 0 aliphatic rings. The van der Waals surface area contributed by atoms with E-state index in [-0.39, 0.29) is 0 Å².